The van der Waals surface area contributed by atoms with Crippen molar-refractivity contribution in [1.82, 2.24) is 9.88 Å². The third-order valence-corrected chi connectivity index (χ3v) is 4.89. The van der Waals surface area contributed by atoms with Gasteiger partial charge in [0.25, 0.3) is 0 Å². The number of hydrogen-bond acceptors (Lipinski definition) is 4. The molecule has 0 bridgehead atoms. The van der Waals surface area contributed by atoms with Crippen LogP contribution in [-0.2, 0) is 17.8 Å². The summed E-state index contributed by atoms with van der Waals surface area (Å²) >= 11 is 1.66. The summed E-state index contributed by atoms with van der Waals surface area (Å²) in [4.78, 5) is 15.7. The first-order chi connectivity index (χ1) is 12.7. The first-order valence-electron chi connectivity index (χ1n) is 8.38. The van der Waals surface area contributed by atoms with E-state index >= 15 is 0 Å². The Hall–Kier alpha value is -2.00. The second-order valence-electron chi connectivity index (χ2n) is 6.33. The van der Waals surface area contributed by atoms with Gasteiger partial charge in [-0.1, -0.05) is 12.1 Å². The van der Waals surface area contributed by atoms with E-state index in [2.05, 4.69) is 15.3 Å². The van der Waals surface area contributed by atoms with E-state index in [0.717, 1.165) is 32.0 Å². The minimum absolute atomic E-state index is 0.146. The molecular formula is C18H20F4N2O2S. The maximum Gasteiger partial charge on any atom is 0.490 e. The summed E-state index contributed by atoms with van der Waals surface area (Å²) in [7, 11) is 0. The Bertz CT molecular complexity index is 697. The van der Waals surface area contributed by atoms with Crippen LogP contribution in [0.4, 0.5) is 17.6 Å². The van der Waals surface area contributed by atoms with Gasteiger partial charge in [-0.25, -0.2) is 14.2 Å². The number of alkyl halides is 3. The molecule has 0 atom stereocenters. The average Bonchev–Trinajstić information content (AvgIpc) is 3.11. The number of carbonyl (C=O) groups is 1. The zero-order chi connectivity index (χ0) is 19.9. The topological polar surface area (TPSA) is 53.4 Å². The summed E-state index contributed by atoms with van der Waals surface area (Å²) in [6.45, 7) is 3.26. The first kappa shape index (κ1) is 21.3. The van der Waals surface area contributed by atoms with Crippen molar-refractivity contribution in [1.29, 1.82) is 0 Å². The molecule has 27 heavy (non-hydrogen) atoms. The van der Waals surface area contributed by atoms with E-state index in [1.54, 1.807) is 23.5 Å². The van der Waals surface area contributed by atoms with Gasteiger partial charge >= 0.3 is 12.1 Å². The Morgan fingerprint density at radius 2 is 1.81 bits per heavy atom. The Morgan fingerprint density at radius 3 is 2.30 bits per heavy atom. The predicted molar refractivity (Wildman–Crippen MR) is 93.9 cm³/mol. The molecule has 0 aliphatic carbocycles. The number of hydrogen-bond donors (Lipinski definition) is 1. The average molecular weight is 404 g/mol. The minimum Gasteiger partial charge on any atom is -0.475 e. The van der Waals surface area contributed by atoms with Crippen molar-refractivity contribution in [3.63, 3.8) is 0 Å². The molecule has 3 rings (SSSR count). The second kappa shape index (κ2) is 9.80. The lowest BCUT2D eigenvalue weighted by Crippen LogP contribution is -2.33. The van der Waals surface area contributed by atoms with Crippen molar-refractivity contribution < 1.29 is 27.5 Å². The fraction of sp³-hybridized carbons (Fsp3) is 0.444. The maximum atomic E-state index is 12.9. The summed E-state index contributed by atoms with van der Waals surface area (Å²) in [5, 5.41) is 9.25. The van der Waals surface area contributed by atoms with E-state index in [0.29, 0.717) is 0 Å². The van der Waals surface area contributed by atoms with E-state index in [-0.39, 0.29) is 5.82 Å². The Balaban J connectivity index is 0.000000321. The van der Waals surface area contributed by atoms with E-state index in [1.165, 1.54) is 24.1 Å². The van der Waals surface area contributed by atoms with Crippen LogP contribution in [0.15, 0.2) is 35.2 Å². The molecule has 0 amide bonds. The molecule has 1 saturated heterocycles. The molecule has 4 nitrogen and oxygen atoms in total. The molecule has 9 heteroatoms. The molecule has 148 valence electrons. The number of thiazole rings is 1. The van der Waals surface area contributed by atoms with Crippen LogP contribution < -0.4 is 0 Å². The normalized spacial score (nSPS) is 15.9. The summed E-state index contributed by atoms with van der Waals surface area (Å²) in [5.74, 6) is -2.17. The van der Waals surface area contributed by atoms with Crippen molar-refractivity contribution in [3.8, 4) is 0 Å². The number of halogens is 4. The monoisotopic (exact) mass is 404 g/mol. The predicted octanol–water partition coefficient (Wildman–Crippen LogP) is 4.37. The summed E-state index contributed by atoms with van der Waals surface area (Å²) < 4.78 is 44.6. The van der Waals surface area contributed by atoms with E-state index in [9.17, 15) is 17.6 Å². The molecule has 1 aromatic heterocycles. The summed E-state index contributed by atoms with van der Waals surface area (Å²) in [6, 6.07) is 6.95. The van der Waals surface area contributed by atoms with E-state index < -0.39 is 12.1 Å². The van der Waals surface area contributed by atoms with Crippen molar-refractivity contribution in [2.75, 3.05) is 13.1 Å². The lowest BCUT2D eigenvalue weighted by Gasteiger charge is -2.31. The molecule has 1 aromatic carbocycles. The number of rotatable bonds is 4. The van der Waals surface area contributed by atoms with Gasteiger partial charge in [0, 0.05) is 11.9 Å². The third kappa shape index (κ3) is 7.64. The zero-order valence-corrected chi connectivity index (χ0v) is 15.3. The Kier molecular flexibility index (Phi) is 7.73. The lowest BCUT2D eigenvalue weighted by atomic mass is 9.90. The highest BCUT2D eigenvalue weighted by molar-refractivity contribution is 7.07. The molecule has 0 radical (unpaired) electrons. The fourth-order valence-corrected chi connectivity index (χ4v) is 3.40. The Labute approximate surface area is 158 Å². The van der Waals surface area contributed by atoms with Crippen molar-refractivity contribution in [2.45, 2.75) is 32.0 Å². The van der Waals surface area contributed by atoms with Crippen molar-refractivity contribution in [2.24, 2.45) is 5.92 Å². The zero-order valence-electron chi connectivity index (χ0n) is 14.5. The van der Waals surface area contributed by atoms with Crippen molar-refractivity contribution >= 4 is 17.3 Å². The molecule has 0 spiro atoms. The molecule has 1 fully saturated rings. The van der Waals surface area contributed by atoms with Gasteiger partial charge in [-0.15, -0.1) is 11.3 Å². The van der Waals surface area contributed by atoms with Crippen LogP contribution in [0.1, 0.15) is 24.1 Å². The molecule has 0 saturated carbocycles. The quantitative estimate of drug-likeness (QED) is 0.769. The smallest absolute Gasteiger partial charge is 0.475 e. The van der Waals surface area contributed by atoms with Crippen LogP contribution in [0.2, 0.25) is 0 Å². The van der Waals surface area contributed by atoms with Gasteiger partial charge in [-0.05, 0) is 56.0 Å². The number of carboxylic acid groups (broad SMARTS) is 1. The molecule has 1 N–H and O–H groups in total. The van der Waals surface area contributed by atoms with Crippen LogP contribution in [0.5, 0.6) is 0 Å². The second-order valence-corrected chi connectivity index (χ2v) is 7.05. The standard InChI is InChI=1S/C16H19FN2S.C2HF3O2/c17-15-3-1-13(2-4-15)9-14-5-7-19(8-6-14)10-16-11-20-12-18-16;3-2(4,5)1(6)7/h1-4,11-12,14H,5-10H2;(H,6,7). The van der Waals surface area contributed by atoms with E-state index in [4.69, 9.17) is 9.90 Å². The fourth-order valence-electron chi connectivity index (χ4n) is 2.85. The van der Waals surface area contributed by atoms with Gasteiger partial charge in [0.05, 0.1) is 11.2 Å². The molecule has 1 aliphatic heterocycles. The number of aromatic nitrogens is 1. The van der Waals surface area contributed by atoms with Gasteiger partial charge < -0.3 is 5.11 Å². The number of carboxylic acids is 1. The minimum atomic E-state index is -5.08. The maximum absolute atomic E-state index is 12.9. The Morgan fingerprint density at radius 1 is 1.22 bits per heavy atom. The highest BCUT2D eigenvalue weighted by Gasteiger charge is 2.38. The largest absolute Gasteiger partial charge is 0.490 e. The highest BCUT2D eigenvalue weighted by atomic mass is 32.1. The number of piperidine rings is 1. The third-order valence-electron chi connectivity index (χ3n) is 4.26. The van der Waals surface area contributed by atoms with Crippen molar-refractivity contribution in [3.05, 3.63) is 52.2 Å². The van der Waals surface area contributed by atoms with E-state index in [1.807, 2.05) is 17.6 Å². The number of likely N-dealkylation sites (tertiary alicyclic amines) is 1. The number of aliphatic carboxylic acids is 1. The van der Waals surface area contributed by atoms with Crippen LogP contribution in [0.3, 0.4) is 0 Å². The summed E-state index contributed by atoms with van der Waals surface area (Å²) in [6.07, 6.45) is -1.56. The van der Waals surface area contributed by atoms with Crippen LogP contribution in [0.25, 0.3) is 0 Å². The molecule has 1 aliphatic rings. The van der Waals surface area contributed by atoms with Gasteiger partial charge in [0.1, 0.15) is 5.82 Å². The lowest BCUT2D eigenvalue weighted by molar-refractivity contribution is -0.192. The molecule has 2 aromatic rings. The molecule has 0 unspecified atom stereocenters. The number of nitrogens with zero attached hydrogens (tertiary/aromatic N) is 2. The van der Waals surface area contributed by atoms with Crippen LogP contribution in [0, 0.1) is 11.7 Å². The van der Waals surface area contributed by atoms with Gasteiger partial charge in [-0.3, -0.25) is 4.90 Å². The van der Waals surface area contributed by atoms with Gasteiger partial charge in [0.2, 0.25) is 0 Å². The van der Waals surface area contributed by atoms with Crippen LogP contribution >= 0.6 is 11.3 Å². The van der Waals surface area contributed by atoms with Gasteiger partial charge in [-0.2, -0.15) is 13.2 Å². The summed E-state index contributed by atoms with van der Waals surface area (Å²) in [5.41, 5.74) is 4.34. The SMILES string of the molecule is Fc1ccc(CC2CCN(Cc3cscn3)CC2)cc1.O=C(O)C(F)(F)F. The number of benzene rings is 1. The van der Waals surface area contributed by atoms with Crippen LogP contribution in [-0.4, -0.2) is 40.2 Å². The first-order valence-corrected chi connectivity index (χ1v) is 9.32. The molecule has 2 heterocycles. The highest BCUT2D eigenvalue weighted by Crippen LogP contribution is 2.23. The molecular weight excluding hydrogens is 384 g/mol. The van der Waals surface area contributed by atoms with Gasteiger partial charge in [0.15, 0.2) is 0 Å².